The van der Waals surface area contributed by atoms with Gasteiger partial charge in [-0.05, 0) is 18.6 Å². The number of benzene rings is 1. The summed E-state index contributed by atoms with van der Waals surface area (Å²) in [7, 11) is 1.69. The summed E-state index contributed by atoms with van der Waals surface area (Å²) in [6.45, 7) is 6.38. The van der Waals surface area contributed by atoms with Crippen LogP contribution < -0.4 is 9.64 Å². The summed E-state index contributed by atoms with van der Waals surface area (Å²) >= 11 is 0. The fraction of sp³-hybridized carbons (Fsp3) is 0.389. The maximum Gasteiger partial charge on any atom is 0.132 e. The molecule has 2 heterocycles. The van der Waals surface area contributed by atoms with Gasteiger partial charge in [0.2, 0.25) is 0 Å². The largest absolute Gasteiger partial charge is 0.497 e. The van der Waals surface area contributed by atoms with Crippen LogP contribution in [0.1, 0.15) is 18.5 Å². The fourth-order valence-electron chi connectivity index (χ4n) is 2.98. The fourth-order valence-corrected chi connectivity index (χ4v) is 2.98. The van der Waals surface area contributed by atoms with E-state index in [4.69, 9.17) is 4.74 Å². The minimum atomic E-state index is 0.460. The van der Waals surface area contributed by atoms with Crippen molar-refractivity contribution < 1.29 is 4.74 Å². The molecule has 22 heavy (non-hydrogen) atoms. The molecule has 3 rings (SSSR count). The number of methoxy groups -OCH3 is 1. The van der Waals surface area contributed by atoms with Gasteiger partial charge < -0.3 is 9.64 Å². The number of hydrogen-bond acceptors (Lipinski definition) is 4. The van der Waals surface area contributed by atoms with Crippen LogP contribution in [0.2, 0.25) is 0 Å². The Bertz CT molecular complexity index is 594. The zero-order valence-electron chi connectivity index (χ0n) is 13.3. The van der Waals surface area contributed by atoms with Crippen molar-refractivity contribution in [1.29, 1.82) is 0 Å². The highest BCUT2D eigenvalue weighted by Crippen LogP contribution is 2.24. The molecule has 2 aromatic rings. The maximum absolute atomic E-state index is 5.29. The van der Waals surface area contributed by atoms with Gasteiger partial charge >= 0.3 is 0 Å². The Balaban J connectivity index is 1.62. The Morgan fingerprint density at radius 1 is 1.05 bits per heavy atom. The third-order valence-corrected chi connectivity index (χ3v) is 4.42. The Labute approximate surface area is 132 Å². The van der Waals surface area contributed by atoms with Crippen molar-refractivity contribution in [2.75, 3.05) is 38.2 Å². The summed E-state index contributed by atoms with van der Waals surface area (Å²) in [4.78, 5) is 9.33. The molecule has 1 fully saturated rings. The van der Waals surface area contributed by atoms with Crippen molar-refractivity contribution in [3.8, 4) is 5.75 Å². The van der Waals surface area contributed by atoms with Crippen molar-refractivity contribution >= 4 is 5.82 Å². The van der Waals surface area contributed by atoms with Crippen LogP contribution >= 0.6 is 0 Å². The van der Waals surface area contributed by atoms with E-state index in [0.717, 1.165) is 37.7 Å². The third kappa shape index (κ3) is 3.22. The van der Waals surface area contributed by atoms with Gasteiger partial charge in [-0.2, -0.15) is 0 Å². The smallest absolute Gasteiger partial charge is 0.132 e. The molecule has 0 N–H and O–H groups in total. The molecule has 1 aromatic carbocycles. The Kier molecular flexibility index (Phi) is 4.59. The van der Waals surface area contributed by atoms with Gasteiger partial charge in [0.25, 0.3) is 0 Å². The van der Waals surface area contributed by atoms with E-state index in [2.05, 4.69) is 52.0 Å². The lowest BCUT2D eigenvalue weighted by atomic mass is 10.1. The Morgan fingerprint density at radius 3 is 2.45 bits per heavy atom. The molecule has 1 aromatic heterocycles. The summed E-state index contributed by atoms with van der Waals surface area (Å²) < 4.78 is 5.29. The molecule has 0 saturated carbocycles. The van der Waals surface area contributed by atoms with Crippen LogP contribution in [0.15, 0.2) is 48.7 Å². The highest BCUT2D eigenvalue weighted by Gasteiger charge is 2.22. The predicted octanol–water partition coefficient (Wildman–Crippen LogP) is 2.97. The third-order valence-electron chi connectivity index (χ3n) is 4.42. The first-order valence-corrected chi connectivity index (χ1v) is 7.82. The molecule has 1 atom stereocenters. The van der Waals surface area contributed by atoms with Crippen LogP contribution in [-0.4, -0.2) is 43.2 Å². The minimum absolute atomic E-state index is 0.460. The molecule has 0 spiro atoms. The second-order valence-electron chi connectivity index (χ2n) is 5.66. The summed E-state index contributed by atoms with van der Waals surface area (Å²) in [5.74, 6) is 1.87. The van der Waals surface area contributed by atoms with Gasteiger partial charge in [-0.15, -0.1) is 0 Å². The summed E-state index contributed by atoms with van der Waals surface area (Å²) in [5, 5.41) is 0. The molecular formula is C18H23N3O. The lowest BCUT2D eigenvalue weighted by molar-refractivity contribution is 0.198. The minimum Gasteiger partial charge on any atom is -0.497 e. The normalized spacial score (nSPS) is 17.3. The first-order chi connectivity index (χ1) is 10.8. The molecule has 1 unspecified atom stereocenters. The van der Waals surface area contributed by atoms with Gasteiger partial charge in [0.15, 0.2) is 0 Å². The van der Waals surface area contributed by atoms with Crippen molar-refractivity contribution in [3.63, 3.8) is 0 Å². The van der Waals surface area contributed by atoms with E-state index < -0.39 is 0 Å². The summed E-state index contributed by atoms with van der Waals surface area (Å²) in [5.41, 5.74) is 1.38. The van der Waals surface area contributed by atoms with E-state index in [1.54, 1.807) is 7.11 Å². The molecule has 0 bridgehead atoms. The molecule has 4 heteroatoms. The lowest BCUT2D eigenvalue weighted by Crippen LogP contribution is -2.47. The van der Waals surface area contributed by atoms with Gasteiger partial charge in [0.05, 0.1) is 7.11 Å². The van der Waals surface area contributed by atoms with Crippen LogP contribution in [0.3, 0.4) is 0 Å². The second-order valence-corrected chi connectivity index (χ2v) is 5.66. The number of piperazine rings is 1. The highest BCUT2D eigenvalue weighted by molar-refractivity contribution is 5.44. The van der Waals surface area contributed by atoms with Crippen molar-refractivity contribution in [1.82, 2.24) is 9.88 Å². The van der Waals surface area contributed by atoms with Crippen molar-refractivity contribution in [2.45, 2.75) is 13.0 Å². The summed E-state index contributed by atoms with van der Waals surface area (Å²) in [6.07, 6.45) is 1.81. The SMILES string of the molecule is COc1ccnc(N2CCN(C(C)c3ccccc3)CC2)c1. The van der Waals surface area contributed by atoms with Gasteiger partial charge in [-0.25, -0.2) is 4.98 Å². The van der Waals surface area contributed by atoms with Gasteiger partial charge in [0, 0.05) is 44.5 Å². The molecule has 0 amide bonds. The standard InChI is InChI=1S/C18H23N3O/c1-15(16-6-4-3-5-7-16)20-10-12-21(13-11-20)18-14-17(22-2)8-9-19-18/h3-9,14-15H,10-13H2,1-2H3. The molecule has 4 nitrogen and oxygen atoms in total. The number of rotatable bonds is 4. The van der Waals surface area contributed by atoms with E-state index in [1.165, 1.54) is 5.56 Å². The monoisotopic (exact) mass is 297 g/mol. The van der Waals surface area contributed by atoms with Gasteiger partial charge in [-0.1, -0.05) is 30.3 Å². The van der Waals surface area contributed by atoms with Gasteiger partial charge in [0.1, 0.15) is 11.6 Å². The zero-order chi connectivity index (χ0) is 15.4. The first kappa shape index (κ1) is 14.9. The van der Waals surface area contributed by atoms with Crippen LogP contribution in [0.25, 0.3) is 0 Å². The van der Waals surface area contributed by atoms with Crippen molar-refractivity contribution in [3.05, 3.63) is 54.2 Å². The molecular weight excluding hydrogens is 274 g/mol. The molecule has 116 valence electrons. The number of ether oxygens (including phenoxy) is 1. The average Bonchev–Trinajstić information content (AvgIpc) is 2.62. The lowest BCUT2D eigenvalue weighted by Gasteiger charge is -2.38. The Morgan fingerprint density at radius 2 is 1.77 bits per heavy atom. The van der Waals surface area contributed by atoms with Gasteiger partial charge in [-0.3, -0.25) is 4.90 Å². The molecule has 0 aliphatic carbocycles. The highest BCUT2D eigenvalue weighted by atomic mass is 16.5. The number of nitrogens with zero attached hydrogens (tertiary/aromatic N) is 3. The molecule has 1 aliphatic rings. The average molecular weight is 297 g/mol. The van der Waals surface area contributed by atoms with Crippen LogP contribution in [0, 0.1) is 0 Å². The number of pyridine rings is 1. The number of aromatic nitrogens is 1. The summed E-state index contributed by atoms with van der Waals surface area (Å²) in [6, 6.07) is 15.1. The number of anilines is 1. The quantitative estimate of drug-likeness (QED) is 0.867. The van der Waals surface area contributed by atoms with Crippen LogP contribution in [0.5, 0.6) is 5.75 Å². The zero-order valence-corrected chi connectivity index (χ0v) is 13.3. The van der Waals surface area contributed by atoms with Crippen molar-refractivity contribution in [2.24, 2.45) is 0 Å². The topological polar surface area (TPSA) is 28.6 Å². The number of hydrogen-bond donors (Lipinski definition) is 0. The van der Waals surface area contributed by atoms with Crippen LogP contribution in [0.4, 0.5) is 5.82 Å². The first-order valence-electron chi connectivity index (χ1n) is 7.82. The Hall–Kier alpha value is -2.07. The predicted molar refractivity (Wildman–Crippen MR) is 89.4 cm³/mol. The van der Waals surface area contributed by atoms with E-state index in [1.807, 2.05) is 18.3 Å². The molecule has 1 saturated heterocycles. The molecule has 0 radical (unpaired) electrons. The molecule has 1 aliphatic heterocycles. The second kappa shape index (κ2) is 6.79. The maximum atomic E-state index is 5.29. The van der Waals surface area contributed by atoms with Crippen LogP contribution in [-0.2, 0) is 0 Å². The van der Waals surface area contributed by atoms with E-state index in [9.17, 15) is 0 Å². The van der Waals surface area contributed by atoms with E-state index >= 15 is 0 Å². The van der Waals surface area contributed by atoms with E-state index in [-0.39, 0.29) is 0 Å². The van der Waals surface area contributed by atoms with E-state index in [0.29, 0.717) is 6.04 Å².